The van der Waals surface area contributed by atoms with Crippen LogP contribution in [0.25, 0.3) is 0 Å². The summed E-state index contributed by atoms with van der Waals surface area (Å²) >= 11 is 0. The van der Waals surface area contributed by atoms with E-state index < -0.39 is 12.8 Å². The first-order valence-electron chi connectivity index (χ1n) is 7.59. The summed E-state index contributed by atoms with van der Waals surface area (Å²) in [4.78, 5) is 0. The van der Waals surface area contributed by atoms with E-state index in [1.54, 1.807) is 30.5 Å². The van der Waals surface area contributed by atoms with E-state index in [2.05, 4.69) is 5.32 Å². The van der Waals surface area contributed by atoms with Crippen LogP contribution in [0.4, 0.5) is 13.2 Å². The molecule has 3 nitrogen and oxygen atoms in total. The van der Waals surface area contributed by atoms with E-state index in [-0.39, 0.29) is 11.8 Å². The van der Waals surface area contributed by atoms with Crippen LogP contribution in [0.2, 0.25) is 0 Å². The topological polar surface area (TPSA) is 34.4 Å². The number of fused-ring (bicyclic) bond motifs is 1. The van der Waals surface area contributed by atoms with Crippen molar-refractivity contribution in [3.63, 3.8) is 0 Å². The highest BCUT2D eigenvalue weighted by molar-refractivity contribution is 5.28. The van der Waals surface area contributed by atoms with Crippen LogP contribution in [-0.4, -0.2) is 12.8 Å². The van der Waals surface area contributed by atoms with Crippen LogP contribution < -0.4 is 10.1 Å². The highest BCUT2D eigenvalue weighted by Crippen LogP contribution is 2.30. The van der Waals surface area contributed by atoms with Crippen molar-refractivity contribution in [3.05, 3.63) is 53.5 Å². The van der Waals surface area contributed by atoms with Gasteiger partial charge in [-0.25, -0.2) is 0 Å². The minimum absolute atomic E-state index is 0.223. The number of rotatable bonds is 5. The Morgan fingerprint density at radius 2 is 1.96 bits per heavy atom. The Morgan fingerprint density at radius 1 is 1.17 bits per heavy atom. The van der Waals surface area contributed by atoms with Gasteiger partial charge in [-0.05, 0) is 36.6 Å². The van der Waals surface area contributed by atoms with E-state index in [9.17, 15) is 13.2 Å². The number of nitrogens with one attached hydrogen (secondary N) is 1. The zero-order valence-electron chi connectivity index (χ0n) is 12.5. The second-order valence-electron chi connectivity index (χ2n) is 5.67. The molecular formula is C17H18F3NO2. The molecule has 0 radical (unpaired) electrons. The van der Waals surface area contributed by atoms with Gasteiger partial charge in [0.15, 0.2) is 6.61 Å². The number of halogens is 3. The number of benzene rings is 1. The zero-order valence-corrected chi connectivity index (χ0v) is 12.5. The highest BCUT2D eigenvalue weighted by atomic mass is 19.4. The molecule has 1 aromatic carbocycles. The molecule has 1 N–H and O–H groups in total. The third-order valence-corrected chi connectivity index (χ3v) is 3.93. The normalized spacial score (nSPS) is 17.8. The highest BCUT2D eigenvalue weighted by Gasteiger charge is 2.28. The van der Waals surface area contributed by atoms with Crippen LogP contribution in [-0.2, 0) is 13.0 Å². The van der Waals surface area contributed by atoms with Crippen molar-refractivity contribution in [2.45, 2.75) is 38.0 Å². The molecule has 2 aromatic rings. The fourth-order valence-corrected chi connectivity index (χ4v) is 2.81. The molecule has 0 amide bonds. The average Bonchev–Trinajstić information content (AvgIpc) is 3.00. The van der Waals surface area contributed by atoms with Gasteiger partial charge in [-0.2, -0.15) is 13.2 Å². The number of aryl methyl sites for hydroxylation is 1. The summed E-state index contributed by atoms with van der Waals surface area (Å²) in [5.74, 6) is 1.27. The van der Waals surface area contributed by atoms with Gasteiger partial charge in [-0.3, -0.25) is 0 Å². The Hall–Kier alpha value is -1.95. The molecule has 0 bridgehead atoms. The van der Waals surface area contributed by atoms with Crippen LogP contribution >= 0.6 is 0 Å². The summed E-state index contributed by atoms with van der Waals surface area (Å²) in [5, 5.41) is 3.48. The predicted molar refractivity (Wildman–Crippen MR) is 79.2 cm³/mol. The fourth-order valence-electron chi connectivity index (χ4n) is 2.81. The number of hydrogen-bond acceptors (Lipinski definition) is 3. The third-order valence-electron chi connectivity index (χ3n) is 3.93. The van der Waals surface area contributed by atoms with Crippen molar-refractivity contribution >= 4 is 0 Å². The van der Waals surface area contributed by atoms with Crippen LogP contribution in [0.5, 0.6) is 5.75 Å². The maximum atomic E-state index is 12.1. The van der Waals surface area contributed by atoms with Crippen LogP contribution in [0.15, 0.2) is 41.0 Å². The van der Waals surface area contributed by atoms with Crippen LogP contribution in [0, 0.1) is 0 Å². The van der Waals surface area contributed by atoms with Gasteiger partial charge in [0.2, 0.25) is 0 Å². The monoisotopic (exact) mass is 325 g/mol. The van der Waals surface area contributed by atoms with Crippen molar-refractivity contribution < 1.29 is 22.3 Å². The molecule has 1 aromatic heterocycles. The lowest BCUT2D eigenvalue weighted by atomic mass is 9.93. The summed E-state index contributed by atoms with van der Waals surface area (Å²) < 4.78 is 46.5. The molecule has 124 valence electrons. The molecular weight excluding hydrogens is 307 g/mol. The minimum Gasteiger partial charge on any atom is -0.484 e. The van der Waals surface area contributed by atoms with E-state index >= 15 is 0 Å². The van der Waals surface area contributed by atoms with Gasteiger partial charge in [-0.15, -0.1) is 0 Å². The van der Waals surface area contributed by atoms with Crippen molar-refractivity contribution in [1.82, 2.24) is 5.32 Å². The number of alkyl halides is 3. The first kappa shape index (κ1) is 15.9. The van der Waals surface area contributed by atoms with Crippen molar-refractivity contribution in [2.24, 2.45) is 0 Å². The van der Waals surface area contributed by atoms with E-state index in [1.165, 1.54) is 5.56 Å². The van der Waals surface area contributed by atoms with Gasteiger partial charge in [0.1, 0.15) is 11.5 Å². The standard InChI is InChI=1S/C17H18F3NO2/c18-17(19,20)11-23-13-6-4-12(5-7-13)10-21-15-2-1-3-16-14(15)8-9-22-16/h4-9,15,21H,1-3,10-11H2. The maximum absolute atomic E-state index is 12.1. The second-order valence-corrected chi connectivity index (χ2v) is 5.67. The Balaban J connectivity index is 1.54. The molecule has 1 heterocycles. The number of hydrogen-bond donors (Lipinski definition) is 1. The lowest BCUT2D eigenvalue weighted by Gasteiger charge is -2.23. The van der Waals surface area contributed by atoms with Crippen molar-refractivity contribution in [1.29, 1.82) is 0 Å². The molecule has 0 spiro atoms. The molecule has 1 unspecified atom stereocenters. The van der Waals surface area contributed by atoms with Crippen LogP contribution in [0.1, 0.15) is 35.8 Å². The summed E-state index contributed by atoms with van der Waals surface area (Å²) in [6.45, 7) is -0.620. The largest absolute Gasteiger partial charge is 0.484 e. The van der Waals surface area contributed by atoms with Crippen molar-refractivity contribution in [2.75, 3.05) is 6.61 Å². The summed E-state index contributed by atoms with van der Waals surface area (Å²) in [5.41, 5.74) is 2.21. The molecule has 1 aliphatic rings. The Kier molecular flexibility index (Phi) is 4.61. The summed E-state index contributed by atoms with van der Waals surface area (Å²) in [6, 6.07) is 8.94. The number of ether oxygens (including phenoxy) is 1. The van der Waals surface area contributed by atoms with Gasteiger partial charge in [0.25, 0.3) is 0 Å². The molecule has 0 saturated carbocycles. The average molecular weight is 325 g/mol. The van der Waals surface area contributed by atoms with Crippen molar-refractivity contribution in [3.8, 4) is 5.75 Å². The molecule has 1 aliphatic carbocycles. The molecule has 3 rings (SSSR count). The Morgan fingerprint density at radius 3 is 2.70 bits per heavy atom. The molecule has 1 atom stereocenters. The van der Waals surface area contributed by atoms with Gasteiger partial charge in [0, 0.05) is 24.6 Å². The van der Waals surface area contributed by atoms with E-state index in [0.717, 1.165) is 30.6 Å². The minimum atomic E-state index is -4.32. The first-order valence-corrected chi connectivity index (χ1v) is 7.59. The third kappa shape index (κ3) is 4.28. The second kappa shape index (κ2) is 6.66. The van der Waals surface area contributed by atoms with Gasteiger partial charge in [-0.1, -0.05) is 12.1 Å². The maximum Gasteiger partial charge on any atom is 0.422 e. The predicted octanol–water partition coefficient (Wildman–Crippen LogP) is 4.39. The molecule has 0 saturated heterocycles. The lowest BCUT2D eigenvalue weighted by molar-refractivity contribution is -0.153. The first-order chi connectivity index (χ1) is 11.0. The van der Waals surface area contributed by atoms with E-state index in [4.69, 9.17) is 9.15 Å². The van der Waals surface area contributed by atoms with Gasteiger partial charge >= 0.3 is 6.18 Å². The van der Waals surface area contributed by atoms with Gasteiger partial charge in [0.05, 0.1) is 6.26 Å². The summed E-state index contributed by atoms with van der Waals surface area (Å²) in [6.07, 6.45) is 0.522. The smallest absolute Gasteiger partial charge is 0.422 e. The molecule has 0 fully saturated rings. The Bertz CT molecular complexity index is 634. The van der Waals surface area contributed by atoms with Crippen LogP contribution in [0.3, 0.4) is 0 Å². The quantitative estimate of drug-likeness (QED) is 0.885. The van der Waals surface area contributed by atoms with E-state index in [1.807, 2.05) is 6.07 Å². The molecule has 0 aliphatic heterocycles. The number of furan rings is 1. The molecule has 6 heteroatoms. The fraction of sp³-hybridized carbons (Fsp3) is 0.412. The lowest BCUT2D eigenvalue weighted by Crippen LogP contribution is -2.24. The zero-order chi connectivity index (χ0) is 16.3. The van der Waals surface area contributed by atoms with E-state index in [0.29, 0.717) is 6.54 Å². The SMILES string of the molecule is FC(F)(F)COc1ccc(CNC2CCCc3occc32)cc1. The Labute approximate surface area is 132 Å². The molecule has 23 heavy (non-hydrogen) atoms. The summed E-state index contributed by atoms with van der Waals surface area (Å²) in [7, 11) is 0. The van der Waals surface area contributed by atoms with Gasteiger partial charge < -0.3 is 14.5 Å².